The molecular formula is C28H25F3O4S. The van der Waals surface area contributed by atoms with Crippen molar-refractivity contribution in [2.45, 2.75) is 56.4 Å². The first kappa shape index (κ1) is 24.6. The minimum Gasteiger partial charge on any atom is -0.486 e. The van der Waals surface area contributed by atoms with Gasteiger partial charge in [0.1, 0.15) is 17.6 Å². The van der Waals surface area contributed by atoms with Crippen molar-refractivity contribution < 1.29 is 32.5 Å². The summed E-state index contributed by atoms with van der Waals surface area (Å²) in [4.78, 5) is 12.2. The molecule has 0 bridgehead atoms. The lowest BCUT2D eigenvalue weighted by Crippen LogP contribution is -2.17. The highest BCUT2D eigenvalue weighted by Crippen LogP contribution is 2.46. The van der Waals surface area contributed by atoms with Crippen LogP contribution in [-0.4, -0.2) is 23.2 Å². The number of benzene rings is 3. The molecule has 0 saturated carbocycles. The van der Waals surface area contributed by atoms with Crippen molar-refractivity contribution in [1.82, 2.24) is 0 Å². The molecule has 2 aliphatic rings. The van der Waals surface area contributed by atoms with E-state index in [0.717, 1.165) is 68.2 Å². The highest BCUT2D eigenvalue weighted by atomic mass is 32.2. The largest absolute Gasteiger partial charge is 0.573 e. The molecule has 3 aromatic carbocycles. The standard InChI is InChI=1S/C28H25F3O4S/c1-15-10-19(35-28(29,30)31)11-16(2)27(15)23-5-3-4-22-21(23)8-9-24(22)34-18-6-7-20-17(12-26(32)33)14-36-25(20)13-18/h3-7,10-11,13,17,24H,8-9,12,14H2,1-2H3,(H,32,33)/t17-,24?/m1/s1. The summed E-state index contributed by atoms with van der Waals surface area (Å²) in [6, 6.07) is 14.8. The summed E-state index contributed by atoms with van der Waals surface area (Å²) in [6.07, 6.45) is -3.14. The lowest BCUT2D eigenvalue weighted by molar-refractivity contribution is -0.274. The maximum absolute atomic E-state index is 12.7. The zero-order chi connectivity index (χ0) is 25.6. The molecular weight excluding hydrogens is 489 g/mol. The smallest absolute Gasteiger partial charge is 0.486 e. The Morgan fingerprint density at radius 3 is 2.50 bits per heavy atom. The number of carboxylic acids is 1. The van der Waals surface area contributed by atoms with E-state index in [4.69, 9.17) is 9.84 Å². The van der Waals surface area contributed by atoms with Crippen LogP contribution in [0.4, 0.5) is 13.2 Å². The van der Waals surface area contributed by atoms with E-state index in [0.29, 0.717) is 0 Å². The van der Waals surface area contributed by atoms with E-state index in [9.17, 15) is 18.0 Å². The molecule has 36 heavy (non-hydrogen) atoms. The SMILES string of the molecule is Cc1cc(OC(F)(F)F)cc(C)c1-c1cccc2c1CCC2Oc1ccc2c(c1)SC[C@H]2CC(=O)O. The van der Waals surface area contributed by atoms with Gasteiger partial charge in [0.05, 0.1) is 6.42 Å². The zero-order valence-electron chi connectivity index (χ0n) is 19.8. The fraction of sp³-hybridized carbons (Fsp3) is 0.321. The molecule has 1 aliphatic carbocycles. The van der Waals surface area contributed by atoms with Crippen molar-refractivity contribution >= 4 is 17.7 Å². The number of carbonyl (C=O) groups is 1. The average molecular weight is 515 g/mol. The van der Waals surface area contributed by atoms with E-state index in [2.05, 4.69) is 4.74 Å². The molecule has 0 saturated heterocycles. The number of carboxylic acid groups (broad SMARTS) is 1. The van der Waals surface area contributed by atoms with Gasteiger partial charge in [-0.2, -0.15) is 0 Å². The van der Waals surface area contributed by atoms with Crippen LogP contribution in [0.5, 0.6) is 11.5 Å². The predicted molar refractivity (Wildman–Crippen MR) is 132 cm³/mol. The molecule has 0 radical (unpaired) electrons. The molecule has 3 aromatic rings. The molecule has 1 heterocycles. The number of thioether (sulfide) groups is 1. The summed E-state index contributed by atoms with van der Waals surface area (Å²) in [5, 5.41) is 9.15. The van der Waals surface area contributed by atoms with Gasteiger partial charge in [0.25, 0.3) is 0 Å². The van der Waals surface area contributed by atoms with Crippen molar-refractivity contribution in [3.8, 4) is 22.6 Å². The minimum absolute atomic E-state index is 0.0192. The second-order valence-electron chi connectivity index (χ2n) is 9.30. The summed E-state index contributed by atoms with van der Waals surface area (Å²) in [5.74, 6) is 0.522. The molecule has 1 N–H and O–H groups in total. The summed E-state index contributed by atoms with van der Waals surface area (Å²) >= 11 is 1.66. The van der Waals surface area contributed by atoms with Crippen molar-refractivity contribution in [3.63, 3.8) is 0 Å². The van der Waals surface area contributed by atoms with Crippen molar-refractivity contribution in [3.05, 3.63) is 76.3 Å². The topological polar surface area (TPSA) is 55.8 Å². The van der Waals surface area contributed by atoms with Crippen LogP contribution in [0.25, 0.3) is 11.1 Å². The van der Waals surface area contributed by atoms with Crippen LogP contribution in [0.1, 0.15) is 52.7 Å². The van der Waals surface area contributed by atoms with Crippen molar-refractivity contribution in [2.24, 2.45) is 0 Å². The Labute approximate surface area is 211 Å². The number of ether oxygens (including phenoxy) is 2. The van der Waals surface area contributed by atoms with Crippen LogP contribution in [-0.2, 0) is 11.2 Å². The van der Waals surface area contributed by atoms with Gasteiger partial charge in [-0.05, 0) is 89.9 Å². The summed E-state index contributed by atoms with van der Waals surface area (Å²) in [5.41, 5.74) is 6.66. The monoisotopic (exact) mass is 514 g/mol. The first-order valence-electron chi connectivity index (χ1n) is 11.7. The van der Waals surface area contributed by atoms with Crippen molar-refractivity contribution in [1.29, 1.82) is 0 Å². The first-order chi connectivity index (χ1) is 17.1. The van der Waals surface area contributed by atoms with Gasteiger partial charge in [0.15, 0.2) is 0 Å². The highest BCUT2D eigenvalue weighted by Gasteiger charge is 2.32. The minimum atomic E-state index is -4.73. The third-order valence-corrected chi connectivity index (χ3v) is 8.02. The molecule has 0 amide bonds. The van der Waals surface area contributed by atoms with Gasteiger partial charge in [0.2, 0.25) is 0 Å². The Hall–Kier alpha value is -3.13. The highest BCUT2D eigenvalue weighted by molar-refractivity contribution is 7.99. The van der Waals surface area contributed by atoms with Gasteiger partial charge in [-0.25, -0.2) is 0 Å². The van der Waals surface area contributed by atoms with Crippen LogP contribution in [0, 0.1) is 13.8 Å². The number of alkyl halides is 3. The maximum atomic E-state index is 12.7. The molecule has 1 aliphatic heterocycles. The third kappa shape index (κ3) is 4.91. The molecule has 1 unspecified atom stereocenters. The van der Waals surface area contributed by atoms with Gasteiger partial charge in [0, 0.05) is 16.6 Å². The van der Waals surface area contributed by atoms with Crippen molar-refractivity contribution in [2.75, 3.05) is 5.75 Å². The lowest BCUT2D eigenvalue weighted by atomic mass is 9.90. The average Bonchev–Trinajstić information content (AvgIpc) is 3.36. The van der Waals surface area contributed by atoms with Gasteiger partial charge in [-0.15, -0.1) is 24.9 Å². The Morgan fingerprint density at radius 1 is 1.06 bits per heavy atom. The molecule has 8 heteroatoms. The fourth-order valence-corrected chi connectivity index (χ4v) is 6.67. The summed E-state index contributed by atoms with van der Waals surface area (Å²) in [6.45, 7) is 3.60. The zero-order valence-corrected chi connectivity index (χ0v) is 20.6. The number of aliphatic carboxylic acids is 1. The van der Waals surface area contributed by atoms with Crippen LogP contribution >= 0.6 is 11.8 Å². The summed E-state index contributed by atoms with van der Waals surface area (Å²) in [7, 11) is 0. The molecule has 5 rings (SSSR count). The molecule has 4 nitrogen and oxygen atoms in total. The van der Waals surface area contributed by atoms with E-state index in [1.165, 1.54) is 12.1 Å². The van der Waals surface area contributed by atoms with E-state index in [1.54, 1.807) is 25.6 Å². The van der Waals surface area contributed by atoms with Gasteiger partial charge < -0.3 is 14.6 Å². The molecule has 0 fully saturated rings. The number of halogens is 3. The molecule has 0 spiro atoms. The normalized spacial score (nSPS) is 18.6. The van der Waals surface area contributed by atoms with E-state index in [1.807, 2.05) is 36.4 Å². The third-order valence-electron chi connectivity index (χ3n) is 6.79. The second kappa shape index (κ2) is 9.39. The lowest BCUT2D eigenvalue weighted by Gasteiger charge is -2.19. The molecule has 188 valence electrons. The van der Waals surface area contributed by atoms with Crippen LogP contribution in [0.2, 0.25) is 0 Å². The number of hydrogen-bond acceptors (Lipinski definition) is 4. The van der Waals surface area contributed by atoms with Gasteiger partial charge in [-0.1, -0.05) is 24.3 Å². The Balaban J connectivity index is 1.40. The predicted octanol–water partition coefficient (Wildman–Crippen LogP) is 7.60. The first-order valence-corrected chi connectivity index (χ1v) is 12.7. The maximum Gasteiger partial charge on any atom is 0.573 e. The van der Waals surface area contributed by atoms with Gasteiger partial charge >= 0.3 is 12.3 Å². The van der Waals surface area contributed by atoms with Crippen LogP contribution in [0.15, 0.2) is 53.4 Å². The van der Waals surface area contributed by atoms with Crippen LogP contribution in [0.3, 0.4) is 0 Å². The Kier molecular flexibility index (Phi) is 6.41. The number of hydrogen-bond donors (Lipinski definition) is 1. The Bertz CT molecular complexity index is 1310. The quantitative estimate of drug-likeness (QED) is 0.367. The molecule has 2 atom stereocenters. The second-order valence-corrected chi connectivity index (χ2v) is 10.4. The molecule has 0 aromatic heterocycles. The van der Waals surface area contributed by atoms with Crippen LogP contribution < -0.4 is 9.47 Å². The van der Waals surface area contributed by atoms with E-state index >= 15 is 0 Å². The van der Waals surface area contributed by atoms with E-state index < -0.39 is 12.3 Å². The fourth-order valence-electron chi connectivity index (χ4n) is 5.39. The summed E-state index contributed by atoms with van der Waals surface area (Å²) < 4.78 is 48.7. The van der Waals surface area contributed by atoms with Gasteiger partial charge in [-0.3, -0.25) is 4.79 Å². The number of fused-ring (bicyclic) bond motifs is 2. The Morgan fingerprint density at radius 2 is 1.81 bits per heavy atom. The van der Waals surface area contributed by atoms with E-state index in [-0.39, 0.29) is 24.2 Å². The number of rotatable bonds is 6. The number of aryl methyl sites for hydroxylation is 2.